The minimum atomic E-state index is -0.487. The lowest BCUT2D eigenvalue weighted by atomic mass is 10.1. The predicted octanol–water partition coefficient (Wildman–Crippen LogP) is 5.80. The van der Waals surface area contributed by atoms with Crippen molar-refractivity contribution in [2.45, 2.75) is 6.42 Å². The maximum absolute atomic E-state index is 12.8. The molecule has 0 aliphatic carbocycles. The van der Waals surface area contributed by atoms with Crippen molar-refractivity contribution in [1.82, 2.24) is 0 Å². The molecule has 5 nitrogen and oxygen atoms in total. The first-order valence-electron chi connectivity index (χ1n) is 8.71. The lowest BCUT2D eigenvalue weighted by Gasteiger charge is -2.08. The summed E-state index contributed by atoms with van der Waals surface area (Å²) in [5.41, 5.74) is 2.81. The standard InChI is InChI=1S/C21H15BrClNO4S/c1-27-21(26)12-2-5-16(15(23)8-12)24-20(25)18-9-11-6-7-28-17-10-13(22)3-4-14(17)19(11)29-18/h2-5,8-10H,6-7H2,1H3,(H,24,25). The third kappa shape index (κ3) is 4.03. The van der Waals surface area contributed by atoms with Crippen LogP contribution in [0.3, 0.4) is 0 Å². The van der Waals surface area contributed by atoms with Crippen LogP contribution in [0.5, 0.6) is 5.75 Å². The van der Waals surface area contributed by atoms with Gasteiger partial charge in [0.25, 0.3) is 5.91 Å². The molecule has 1 aliphatic rings. The Kier molecular flexibility index (Phi) is 5.63. The van der Waals surface area contributed by atoms with Crippen molar-refractivity contribution in [3.05, 3.63) is 68.0 Å². The lowest BCUT2D eigenvalue weighted by Crippen LogP contribution is -2.11. The molecule has 1 aliphatic heterocycles. The van der Waals surface area contributed by atoms with Crippen molar-refractivity contribution >= 4 is 56.4 Å². The number of carbonyl (C=O) groups excluding carboxylic acids is 2. The van der Waals surface area contributed by atoms with Gasteiger partial charge < -0.3 is 14.8 Å². The fraction of sp³-hybridized carbons (Fsp3) is 0.143. The third-order valence-corrected chi connectivity index (χ3v) is 6.50. The van der Waals surface area contributed by atoms with E-state index in [0.717, 1.165) is 32.6 Å². The zero-order valence-electron chi connectivity index (χ0n) is 15.3. The number of benzene rings is 2. The number of amides is 1. The summed E-state index contributed by atoms with van der Waals surface area (Å²) in [6.07, 6.45) is 0.722. The Bertz CT molecular complexity index is 1130. The molecule has 0 unspecified atom stereocenters. The summed E-state index contributed by atoms with van der Waals surface area (Å²) >= 11 is 11.1. The molecular weight excluding hydrogens is 478 g/mol. The molecule has 2 aromatic carbocycles. The molecule has 2 heterocycles. The number of fused-ring (bicyclic) bond motifs is 3. The molecule has 4 rings (SSSR count). The Morgan fingerprint density at radius 1 is 1.21 bits per heavy atom. The zero-order valence-corrected chi connectivity index (χ0v) is 18.4. The lowest BCUT2D eigenvalue weighted by molar-refractivity contribution is 0.0600. The number of halogens is 2. The number of nitrogens with one attached hydrogen (secondary N) is 1. The molecule has 8 heteroatoms. The van der Waals surface area contributed by atoms with E-state index in [2.05, 4.69) is 26.0 Å². The van der Waals surface area contributed by atoms with Crippen molar-refractivity contribution in [3.63, 3.8) is 0 Å². The number of thiophene rings is 1. The van der Waals surface area contributed by atoms with Crippen molar-refractivity contribution in [2.75, 3.05) is 19.0 Å². The monoisotopic (exact) mass is 491 g/mol. The number of rotatable bonds is 3. The van der Waals surface area contributed by atoms with Gasteiger partial charge in [-0.1, -0.05) is 27.5 Å². The van der Waals surface area contributed by atoms with Crippen LogP contribution >= 0.6 is 38.9 Å². The normalized spacial score (nSPS) is 12.2. The molecule has 0 saturated carbocycles. The van der Waals surface area contributed by atoms with Gasteiger partial charge in [0.2, 0.25) is 0 Å². The van der Waals surface area contributed by atoms with Crippen LogP contribution in [-0.2, 0) is 11.2 Å². The van der Waals surface area contributed by atoms with Gasteiger partial charge in [-0.2, -0.15) is 0 Å². The Labute approximate surface area is 184 Å². The number of ether oxygens (including phenoxy) is 2. The second-order valence-corrected chi connectivity index (χ2v) is 8.72. The largest absolute Gasteiger partial charge is 0.493 e. The van der Waals surface area contributed by atoms with Gasteiger partial charge in [-0.05, 0) is 48.0 Å². The van der Waals surface area contributed by atoms with Crippen LogP contribution in [0, 0.1) is 0 Å². The van der Waals surface area contributed by atoms with E-state index < -0.39 is 5.97 Å². The second-order valence-electron chi connectivity index (χ2n) is 6.34. The molecule has 1 aromatic heterocycles. The molecule has 1 amide bonds. The van der Waals surface area contributed by atoms with Gasteiger partial charge in [0.1, 0.15) is 5.75 Å². The van der Waals surface area contributed by atoms with Gasteiger partial charge in [0.15, 0.2) is 0 Å². The van der Waals surface area contributed by atoms with E-state index in [9.17, 15) is 9.59 Å². The van der Waals surface area contributed by atoms with Gasteiger partial charge in [-0.3, -0.25) is 4.79 Å². The van der Waals surface area contributed by atoms with Crippen LogP contribution in [0.25, 0.3) is 10.4 Å². The Balaban J connectivity index is 1.61. The van der Waals surface area contributed by atoms with E-state index in [1.807, 2.05) is 24.3 Å². The highest BCUT2D eigenvalue weighted by Crippen LogP contribution is 2.42. The van der Waals surface area contributed by atoms with Gasteiger partial charge in [-0.15, -0.1) is 11.3 Å². The van der Waals surface area contributed by atoms with Crippen molar-refractivity contribution in [3.8, 4) is 16.2 Å². The van der Waals surface area contributed by atoms with Crippen LogP contribution in [0.2, 0.25) is 5.02 Å². The highest BCUT2D eigenvalue weighted by atomic mass is 79.9. The predicted molar refractivity (Wildman–Crippen MR) is 117 cm³/mol. The summed E-state index contributed by atoms with van der Waals surface area (Å²) in [5, 5.41) is 3.08. The first-order valence-corrected chi connectivity index (χ1v) is 10.7. The van der Waals surface area contributed by atoms with Gasteiger partial charge in [-0.25, -0.2) is 4.79 Å². The van der Waals surface area contributed by atoms with Crippen molar-refractivity contribution < 1.29 is 19.1 Å². The third-order valence-electron chi connectivity index (χ3n) is 4.49. The quantitative estimate of drug-likeness (QED) is 0.469. The van der Waals surface area contributed by atoms with Gasteiger partial charge in [0.05, 0.1) is 34.9 Å². The average molecular weight is 493 g/mol. The van der Waals surface area contributed by atoms with Crippen LogP contribution in [0.15, 0.2) is 46.9 Å². The first-order chi connectivity index (χ1) is 14.0. The van der Waals surface area contributed by atoms with Crippen LogP contribution in [-0.4, -0.2) is 25.6 Å². The maximum atomic E-state index is 12.8. The smallest absolute Gasteiger partial charge is 0.337 e. The topological polar surface area (TPSA) is 64.6 Å². The Morgan fingerprint density at radius 3 is 2.79 bits per heavy atom. The van der Waals surface area contributed by atoms with E-state index in [-0.39, 0.29) is 10.9 Å². The zero-order chi connectivity index (χ0) is 20.5. The molecule has 3 aromatic rings. The molecule has 0 radical (unpaired) electrons. The average Bonchev–Trinajstić information content (AvgIpc) is 3.06. The molecule has 0 bridgehead atoms. The first kappa shape index (κ1) is 19.9. The van der Waals surface area contributed by atoms with Crippen LogP contribution in [0.1, 0.15) is 25.6 Å². The molecule has 0 spiro atoms. The van der Waals surface area contributed by atoms with E-state index in [0.29, 0.717) is 22.7 Å². The SMILES string of the molecule is COC(=O)c1ccc(NC(=O)c2cc3c(s2)-c2ccc(Br)cc2OCC3)c(Cl)c1. The van der Waals surface area contributed by atoms with E-state index in [1.54, 1.807) is 12.1 Å². The van der Waals surface area contributed by atoms with Gasteiger partial charge >= 0.3 is 5.97 Å². The van der Waals surface area contributed by atoms with Crippen LogP contribution in [0.4, 0.5) is 5.69 Å². The number of anilines is 1. The summed E-state index contributed by atoms with van der Waals surface area (Å²) in [5.74, 6) is 0.0584. The molecular formula is C21H15BrClNO4S. The minimum absolute atomic E-state index is 0.254. The maximum Gasteiger partial charge on any atom is 0.337 e. The second kappa shape index (κ2) is 8.18. The minimum Gasteiger partial charge on any atom is -0.493 e. The van der Waals surface area contributed by atoms with Crippen molar-refractivity contribution in [1.29, 1.82) is 0 Å². The molecule has 0 fully saturated rings. The molecule has 148 valence electrons. The van der Waals surface area contributed by atoms with E-state index >= 15 is 0 Å². The number of esters is 1. The highest BCUT2D eigenvalue weighted by Gasteiger charge is 2.22. The number of carbonyl (C=O) groups is 2. The number of hydrogen-bond acceptors (Lipinski definition) is 5. The van der Waals surface area contributed by atoms with E-state index in [1.165, 1.54) is 24.5 Å². The van der Waals surface area contributed by atoms with E-state index in [4.69, 9.17) is 16.3 Å². The fourth-order valence-electron chi connectivity index (χ4n) is 3.07. The fourth-order valence-corrected chi connectivity index (χ4v) is 4.78. The summed E-state index contributed by atoms with van der Waals surface area (Å²) < 4.78 is 11.5. The molecule has 29 heavy (non-hydrogen) atoms. The molecule has 0 saturated heterocycles. The number of hydrogen-bond donors (Lipinski definition) is 1. The molecule has 0 atom stereocenters. The summed E-state index contributed by atoms with van der Waals surface area (Å²) in [6.45, 7) is 0.551. The van der Waals surface area contributed by atoms with Crippen LogP contribution < -0.4 is 10.1 Å². The van der Waals surface area contributed by atoms with Gasteiger partial charge in [0, 0.05) is 21.3 Å². The summed E-state index contributed by atoms with van der Waals surface area (Å²) in [4.78, 5) is 26.0. The Hall–Kier alpha value is -2.35. The number of methoxy groups -OCH3 is 1. The van der Waals surface area contributed by atoms with Crippen molar-refractivity contribution in [2.24, 2.45) is 0 Å². The Morgan fingerprint density at radius 2 is 2.03 bits per heavy atom. The summed E-state index contributed by atoms with van der Waals surface area (Å²) in [7, 11) is 1.30. The summed E-state index contributed by atoms with van der Waals surface area (Å²) in [6, 6.07) is 12.4. The molecule has 1 N–H and O–H groups in total. The highest BCUT2D eigenvalue weighted by molar-refractivity contribution is 9.10.